The van der Waals surface area contributed by atoms with E-state index in [4.69, 9.17) is 0 Å². The Morgan fingerprint density at radius 1 is 1.30 bits per heavy atom. The van der Waals surface area contributed by atoms with Gasteiger partial charge in [-0.3, -0.25) is 19.3 Å². The van der Waals surface area contributed by atoms with Gasteiger partial charge in [-0.2, -0.15) is 0 Å². The largest absolute Gasteiger partial charge is 0.494 e. The molecule has 23 heavy (non-hydrogen) atoms. The average Bonchev–Trinajstić information content (AvgIpc) is 2.94. The van der Waals surface area contributed by atoms with E-state index in [1.165, 1.54) is 0 Å². The summed E-state index contributed by atoms with van der Waals surface area (Å²) in [6, 6.07) is 5.88. The summed E-state index contributed by atoms with van der Waals surface area (Å²) in [5.41, 5.74) is 2.49. The Morgan fingerprint density at radius 3 is 2.78 bits per heavy atom. The number of benzene rings is 1. The van der Waals surface area contributed by atoms with Crippen molar-refractivity contribution in [2.75, 3.05) is 0 Å². The highest BCUT2D eigenvalue weighted by Crippen LogP contribution is 2.36. The van der Waals surface area contributed by atoms with E-state index in [0.29, 0.717) is 0 Å². The quantitative estimate of drug-likeness (QED) is 0.909. The summed E-state index contributed by atoms with van der Waals surface area (Å²) in [6.45, 7) is 4.04. The van der Waals surface area contributed by atoms with E-state index < -0.39 is 11.2 Å². The van der Waals surface area contributed by atoms with Crippen molar-refractivity contribution >= 4 is 23.6 Å². The molecule has 0 radical (unpaired) electrons. The molecule has 1 aliphatic rings. The molecule has 0 amide bonds. The number of aromatic nitrogens is 2. The number of aromatic amines is 1. The third-order valence-corrected chi connectivity index (χ3v) is 3.97. The van der Waals surface area contributed by atoms with Gasteiger partial charge in [-0.1, -0.05) is 25.1 Å². The molecule has 1 aromatic carbocycles. The summed E-state index contributed by atoms with van der Waals surface area (Å²) < 4.78 is 1.11. The van der Waals surface area contributed by atoms with Gasteiger partial charge in [0.25, 0.3) is 5.56 Å². The summed E-state index contributed by atoms with van der Waals surface area (Å²) in [7, 11) is 0. The molecule has 2 aromatic rings. The smallest absolute Gasteiger partial charge is 0.331 e. The molecule has 0 spiro atoms. The van der Waals surface area contributed by atoms with Crippen LogP contribution in [0.5, 0.6) is 5.88 Å². The Kier molecular flexibility index (Phi) is 3.73. The van der Waals surface area contributed by atoms with E-state index >= 15 is 0 Å². The lowest BCUT2D eigenvalue weighted by Crippen LogP contribution is -2.30. The van der Waals surface area contributed by atoms with E-state index in [2.05, 4.69) is 16.9 Å². The van der Waals surface area contributed by atoms with Gasteiger partial charge in [-0.05, 0) is 25.0 Å². The fraction of sp³-hybridized carbons (Fsp3) is 0.235. The minimum absolute atomic E-state index is 0.0580. The lowest BCUT2D eigenvalue weighted by atomic mass is 10.0. The number of rotatable bonds is 3. The topological polar surface area (TPSA) is 87.4 Å². The first-order valence-corrected chi connectivity index (χ1v) is 7.50. The van der Waals surface area contributed by atoms with Crippen molar-refractivity contribution in [2.45, 2.75) is 26.8 Å². The third kappa shape index (κ3) is 2.42. The van der Waals surface area contributed by atoms with Gasteiger partial charge < -0.3 is 5.11 Å². The number of para-hydroxylation sites is 1. The molecular weight excluding hydrogens is 294 g/mol. The lowest BCUT2D eigenvalue weighted by Gasteiger charge is -2.08. The first kappa shape index (κ1) is 15.0. The number of allylic oxidation sites excluding steroid dienone is 1. The van der Waals surface area contributed by atoms with Crippen LogP contribution in [0.3, 0.4) is 0 Å². The normalized spacial score (nSPS) is 14.4. The van der Waals surface area contributed by atoms with Crippen LogP contribution in [0.4, 0.5) is 5.69 Å². The summed E-state index contributed by atoms with van der Waals surface area (Å²) in [5, 5.41) is 10.2. The first-order chi connectivity index (χ1) is 11.1. The van der Waals surface area contributed by atoms with Gasteiger partial charge in [-0.25, -0.2) is 4.79 Å². The predicted octanol–water partition coefficient (Wildman–Crippen LogP) is 2.08. The number of hydrogen-bond acceptors (Lipinski definition) is 4. The van der Waals surface area contributed by atoms with Crippen LogP contribution in [-0.4, -0.2) is 20.9 Å². The number of H-pyrrole nitrogens is 1. The Hall–Kier alpha value is -2.89. The van der Waals surface area contributed by atoms with Crippen molar-refractivity contribution in [2.24, 2.45) is 4.99 Å². The van der Waals surface area contributed by atoms with Gasteiger partial charge in [0, 0.05) is 23.9 Å². The molecule has 0 fully saturated rings. The van der Waals surface area contributed by atoms with Crippen molar-refractivity contribution in [3.05, 3.63) is 55.7 Å². The van der Waals surface area contributed by atoms with Gasteiger partial charge >= 0.3 is 5.69 Å². The molecule has 6 heteroatoms. The van der Waals surface area contributed by atoms with Crippen LogP contribution in [0.1, 0.15) is 30.5 Å². The summed E-state index contributed by atoms with van der Waals surface area (Å²) >= 11 is 0. The molecule has 0 saturated heterocycles. The van der Waals surface area contributed by atoms with Gasteiger partial charge in [0.1, 0.15) is 5.56 Å². The second-order valence-corrected chi connectivity index (χ2v) is 5.27. The zero-order chi connectivity index (χ0) is 16.6. The van der Waals surface area contributed by atoms with Crippen LogP contribution in [0, 0.1) is 0 Å². The lowest BCUT2D eigenvalue weighted by molar-refractivity contribution is 0.404. The molecule has 118 valence electrons. The van der Waals surface area contributed by atoms with E-state index in [-0.39, 0.29) is 18.0 Å². The number of fused-ring (bicyclic) bond motifs is 1. The van der Waals surface area contributed by atoms with Crippen LogP contribution in [-0.2, 0) is 13.0 Å². The molecule has 0 aliphatic carbocycles. The molecule has 0 bridgehead atoms. The zero-order valence-electron chi connectivity index (χ0n) is 13.0. The molecule has 1 aliphatic heterocycles. The van der Waals surface area contributed by atoms with Crippen LogP contribution in [0.25, 0.3) is 11.6 Å². The molecule has 1 aromatic heterocycles. The van der Waals surface area contributed by atoms with Crippen molar-refractivity contribution in [1.82, 2.24) is 9.55 Å². The maximum Gasteiger partial charge on any atom is 0.331 e. The second kappa shape index (κ2) is 5.72. The third-order valence-electron chi connectivity index (χ3n) is 3.97. The van der Waals surface area contributed by atoms with Crippen molar-refractivity contribution in [1.29, 1.82) is 0 Å². The summed E-state index contributed by atoms with van der Waals surface area (Å²) in [4.78, 5) is 30.3. The maximum absolute atomic E-state index is 12.0. The van der Waals surface area contributed by atoms with Crippen LogP contribution < -0.4 is 11.2 Å². The fourth-order valence-corrected chi connectivity index (χ4v) is 2.73. The molecule has 2 heterocycles. The molecular formula is C17H17N3O3. The van der Waals surface area contributed by atoms with Crippen LogP contribution >= 0.6 is 0 Å². The van der Waals surface area contributed by atoms with Crippen molar-refractivity contribution < 1.29 is 5.11 Å². The first-order valence-electron chi connectivity index (χ1n) is 7.50. The Morgan fingerprint density at radius 2 is 2.09 bits per heavy atom. The minimum Gasteiger partial charge on any atom is -0.494 e. The van der Waals surface area contributed by atoms with Crippen LogP contribution in [0.2, 0.25) is 0 Å². The fourth-order valence-electron chi connectivity index (χ4n) is 2.73. The monoisotopic (exact) mass is 311 g/mol. The number of nitrogens with one attached hydrogen (secondary N) is 1. The van der Waals surface area contributed by atoms with Crippen molar-refractivity contribution in [3.63, 3.8) is 0 Å². The Bertz CT molecular complexity index is 949. The molecule has 0 unspecified atom stereocenters. The number of nitrogens with zero attached hydrogens (tertiary/aromatic N) is 2. The molecule has 6 nitrogen and oxygen atoms in total. The average molecular weight is 311 g/mol. The highest BCUT2D eigenvalue weighted by atomic mass is 16.3. The molecule has 3 rings (SSSR count). The van der Waals surface area contributed by atoms with E-state index in [9.17, 15) is 14.7 Å². The predicted molar refractivity (Wildman–Crippen MR) is 90.5 cm³/mol. The second-order valence-electron chi connectivity index (χ2n) is 5.27. The highest BCUT2D eigenvalue weighted by molar-refractivity contribution is 6.21. The van der Waals surface area contributed by atoms with E-state index in [1.807, 2.05) is 18.2 Å². The number of aryl methyl sites for hydroxylation is 1. The minimum atomic E-state index is -0.620. The highest BCUT2D eigenvalue weighted by Gasteiger charge is 2.17. The molecule has 0 saturated carbocycles. The van der Waals surface area contributed by atoms with Gasteiger partial charge in [-0.15, -0.1) is 0 Å². The van der Waals surface area contributed by atoms with Gasteiger partial charge in [0.15, 0.2) is 0 Å². The standard InChI is InChI=1S/C17H17N3O3/c1-3-10-6-5-7-12-11(9-18-14(10)12)8-13-15(21)19-17(23)20(4-2)16(13)22/h5-9,22H,3-4H2,1-2H3,(H,19,21,23)/b11-8+. The number of aromatic hydroxyl groups is 1. The summed E-state index contributed by atoms with van der Waals surface area (Å²) in [6.07, 6.45) is 4.10. The van der Waals surface area contributed by atoms with Crippen LogP contribution in [0.15, 0.2) is 32.8 Å². The van der Waals surface area contributed by atoms with Crippen molar-refractivity contribution in [3.8, 4) is 5.88 Å². The van der Waals surface area contributed by atoms with E-state index in [1.54, 1.807) is 19.2 Å². The maximum atomic E-state index is 12.0. The molecule has 2 N–H and O–H groups in total. The molecule has 0 atom stereocenters. The number of aliphatic imine (C=N–C) groups is 1. The van der Waals surface area contributed by atoms with E-state index in [0.717, 1.165) is 33.4 Å². The van der Waals surface area contributed by atoms with Gasteiger partial charge in [0.05, 0.1) is 5.69 Å². The number of hydrogen-bond donors (Lipinski definition) is 2. The SMILES string of the molecule is CCc1cccc2c1N=C/C2=C\c1c(O)n(CC)c(=O)[nH]c1=O. The Labute approximate surface area is 132 Å². The Balaban J connectivity index is 2.19. The summed E-state index contributed by atoms with van der Waals surface area (Å²) in [5.74, 6) is -0.331. The zero-order valence-corrected chi connectivity index (χ0v) is 13.0. The van der Waals surface area contributed by atoms with Gasteiger partial charge in [0.2, 0.25) is 5.88 Å².